The van der Waals surface area contributed by atoms with Gasteiger partial charge >= 0.3 is 0 Å². The zero-order valence-corrected chi connectivity index (χ0v) is 16.6. The van der Waals surface area contributed by atoms with Crippen molar-refractivity contribution in [2.45, 2.75) is 24.9 Å². The molecule has 3 rings (SSSR count). The molecule has 0 aliphatic carbocycles. The van der Waals surface area contributed by atoms with Gasteiger partial charge in [-0.3, -0.25) is 4.79 Å². The van der Waals surface area contributed by atoms with Crippen LogP contribution in [0, 0.1) is 0 Å². The maximum atomic E-state index is 12.1. The van der Waals surface area contributed by atoms with Crippen molar-refractivity contribution in [3.05, 3.63) is 72.4 Å². The highest BCUT2D eigenvalue weighted by atomic mass is 32.2. The monoisotopic (exact) mass is 393 g/mol. The van der Waals surface area contributed by atoms with E-state index in [0.717, 1.165) is 36.5 Å². The lowest BCUT2D eigenvalue weighted by atomic mass is 10.1. The summed E-state index contributed by atoms with van der Waals surface area (Å²) in [6.45, 7) is 2.88. The molecule has 0 aliphatic rings. The first kappa shape index (κ1) is 19.9. The molecule has 1 heterocycles. The van der Waals surface area contributed by atoms with Gasteiger partial charge in [-0.25, -0.2) is 9.97 Å². The second-order valence-corrected chi connectivity index (χ2v) is 7.05. The summed E-state index contributed by atoms with van der Waals surface area (Å²) in [6.07, 6.45) is 3.90. The van der Waals surface area contributed by atoms with E-state index in [-0.39, 0.29) is 5.91 Å². The first-order valence-electron chi connectivity index (χ1n) is 9.28. The van der Waals surface area contributed by atoms with E-state index in [2.05, 4.69) is 22.2 Å². The predicted molar refractivity (Wildman–Crippen MR) is 113 cm³/mol. The quantitative estimate of drug-likeness (QED) is 0.245. The Bertz CT molecular complexity index is 886. The summed E-state index contributed by atoms with van der Waals surface area (Å²) in [5, 5.41) is 3.49. The number of benzene rings is 2. The molecule has 1 N–H and O–H groups in total. The summed E-state index contributed by atoms with van der Waals surface area (Å²) in [5.41, 5.74) is 2.48. The lowest BCUT2D eigenvalue weighted by Crippen LogP contribution is -2.22. The Morgan fingerprint density at radius 1 is 1.07 bits per heavy atom. The molecule has 0 radical (unpaired) electrons. The Balaban J connectivity index is 1.55. The molecule has 5 nitrogen and oxygen atoms in total. The lowest BCUT2D eigenvalue weighted by molar-refractivity contribution is 0.0961. The van der Waals surface area contributed by atoms with Gasteiger partial charge in [0.15, 0.2) is 5.16 Å². The number of rotatable bonds is 9. The Kier molecular flexibility index (Phi) is 7.44. The van der Waals surface area contributed by atoms with Crippen LogP contribution in [0.1, 0.15) is 30.1 Å². The van der Waals surface area contributed by atoms with E-state index in [1.807, 2.05) is 48.5 Å². The van der Waals surface area contributed by atoms with Crippen LogP contribution in [0.4, 0.5) is 0 Å². The minimum absolute atomic E-state index is 0.108. The van der Waals surface area contributed by atoms with E-state index in [1.165, 1.54) is 11.8 Å². The second kappa shape index (κ2) is 10.5. The average Bonchev–Trinajstić information content (AvgIpc) is 2.75. The predicted octanol–water partition coefficient (Wildman–Crippen LogP) is 4.80. The highest BCUT2D eigenvalue weighted by Gasteiger charge is 2.06. The van der Waals surface area contributed by atoms with Crippen LogP contribution in [0.15, 0.2) is 72.0 Å². The van der Waals surface area contributed by atoms with Gasteiger partial charge in [0, 0.05) is 17.3 Å². The number of thioether (sulfide) groups is 1. The molecule has 0 saturated heterocycles. The Hall–Kier alpha value is -2.86. The summed E-state index contributed by atoms with van der Waals surface area (Å²) in [7, 11) is 0. The maximum Gasteiger partial charge on any atom is 0.251 e. The summed E-state index contributed by atoms with van der Waals surface area (Å²) in [6, 6.07) is 18.9. The first-order chi connectivity index (χ1) is 13.8. The molecule has 144 valence electrons. The summed E-state index contributed by atoms with van der Waals surface area (Å²) >= 11 is 1.39. The maximum absolute atomic E-state index is 12.1. The van der Waals surface area contributed by atoms with Crippen LogP contribution in [0.2, 0.25) is 0 Å². The van der Waals surface area contributed by atoms with Crippen LogP contribution in [-0.2, 0) is 0 Å². The van der Waals surface area contributed by atoms with Crippen LogP contribution < -0.4 is 10.1 Å². The van der Waals surface area contributed by atoms with Crippen molar-refractivity contribution in [2.24, 2.45) is 0 Å². The molecule has 0 fully saturated rings. The third-order valence-corrected chi connectivity index (χ3v) is 4.76. The fraction of sp³-hybridized carbons (Fsp3) is 0.227. The molecule has 0 aliphatic heterocycles. The summed E-state index contributed by atoms with van der Waals surface area (Å²) in [4.78, 5) is 20.9. The molecule has 0 unspecified atom stereocenters. The number of ether oxygens (including phenoxy) is 1. The van der Waals surface area contributed by atoms with Crippen LogP contribution in [0.5, 0.6) is 5.75 Å². The zero-order chi connectivity index (χ0) is 19.6. The van der Waals surface area contributed by atoms with E-state index in [1.54, 1.807) is 18.3 Å². The van der Waals surface area contributed by atoms with Gasteiger partial charge in [-0.2, -0.15) is 0 Å². The molecule has 1 aromatic heterocycles. The van der Waals surface area contributed by atoms with Crippen molar-refractivity contribution in [3.8, 4) is 17.0 Å². The lowest BCUT2D eigenvalue weighted by Gasteiger charge is -2.07. The fourth-order valence-electron chi connectivity index (χ4n) is 2.49. The normalized spacial score (nSPS) is 10.5. The Morgan fingerprint density at radius 2 is 1.86 bits per heavy atom. The molecule has 0 atom stereocenters. The molecular formula is C22H23N3O2S. The SMILES string of the molecule is CCCCOc1ccc(-c2ccnc(SCNC(=O)c3ccccc3)n2)cc1. The number of nitrogens with one attached hydrogen (secondary N) is 1. The van der Waals surface area contributed by atoms with Crippen LogP contribution in [0.3, 0.4) is 0 Å². The van der Waals surface area contributed by atoms with E-state index in [9.17, 15) is 4.79 Å². The third-order valence-electron chi connectivity index (χ3n) is 4.02. The second-order valence-electron chi connectivity index (χ2n) is 6.11. The number of hydrogen-bond acceptors (Lipinski definition) is 5. The van der Waals surface area contributed by atoms with Gasteiger partial charge in [0.05, 0.1) is 18.2 Å². The van der Waals surface area contributed by atoms with Gasteiger partial charge < -0.3 is 10.1 Å². The van der Waals surface area contributed by atoms with Crippen LogP contribution in [-0.4, -0.2) is 28.4 Å². The van der Waals surface area contributed by atoms with Crippen molar-refractivity contribution < 1.29 is 9.53 Å². The smallest absolute Gasteiger partial charge is 0.251 e. The molecule has 0 saturated carbocycles. The Labute approximate surface area is 169 Å². The number of aromatic nitrogens is 2. The summed E-state index contributed by atoms with van der Waals surface area (Å²) in [5.74, 6) is 1.16. The van der Waals surface area contributed by atoms with Crippen LogP contribution >= 0.6 is 11.8 Å². The number of hydrogen-bond donors (Lipinski definition) is 1. The highest BCUT2D eigenvalue weighted by Crippen LogP contribution is 2.22. The van der Waals surface area contributed by atoms with Gasteiger partial charge in [0.1, 0.15) is 5.75 Å². The molecule has 1 amide bonds. The number of amides is 1. The number of carbonyl (C=O) groups is 1. The average molecular weight is 394 g/mol. The molecule has 28 heavy (non-hydrogen) atoms. The molecule has 2 aromatic carbocycles. The van der Waals surface area contributed by atoms with Crippen molar-refractivity contribution in [3.63, 3.8) is 0 Å². The third kappa shape index (κ3) is 5.82. The standard InChI is InChI=1S/C22H23N3O2S/c1-2-3-15-27-19-11-9-17(10-12-19)20-13-14-23-22(25-20)28-16-24-21(26)18-7-5-4-6-8-18/h4-14H,2-3,15-16H2,1H3,(H,24,26). The number of carbonyl (C=O) groups excluding carboxylic acids is 1. The molecule has 0 spiro atoms. The Morgan fingerprint density at radius 3 is 2.61 bits per heavy atom. The molecule has 0 bridgehead atoms. The molecule has 6 heteroatoms. The van der Waals surface area contributed by atoms with Gasteiger partial charge in [0.25, 0.3) is 5.91 Å². The van der Waals surface area contributed by atoms with E-state index < -0.39 is 0 Å². The van der Waals surface area contributed by atoms with Crippen molar-refractivity contribution in [1.29, 1.82) is 0 Å². The van der Waals surface area contributed by atoms with E-state index in [0.29, 0.717) is 16.6 Å². The van der Waals surface area contributed by atoms with Crippen molar-refractivity contribution in [2.75, 3.05) is 12.5 Å². The van der Waals surface area contributed by atoms with Crippen molar-refractivity contribution >= 4 is 17.7 Å². The van der Waals surface area contributed by atoms with Gasteiger partial charge in [-0.15, -0.1) is 0 Å². The first-order valence-corrected chi connectivity index (χ1v) is 10.3. The molecular weight excluding hydrogens is 370 g/mol. The number of unbranched alkanes of at least 4 members (excludes halogenated alkanes) is 1. The fourth-order valence-corrected chi connectivity index (χ4v) is 3.12. The minimum Gasteiger partial charge on any atom is -0.494 e. The van der Waals surface area contributed by atoms with E-state index in [4.69, 9.17) is 4.74 Å². The van der Waals surface area contributed by atoms with Crippen LogP contribution in [0.25, 0.3) is 11.3 Å². The van der Waals surface area contributed by atoms with Crippen molar-refractivity contribution in [1.82, 2.24) is 15.3 Å². The van der Waals surface area contributed by atoms with Gasteiger partial charge in [0.2, 0.25) is 0 Å². The zero-order valence-electron chi connectivity index (χ0n) is 15.8. The number of nitrogens with zero attached hydrogens (tertiary/aromatic N) is 2. The topological polar surface area (TPSA) is 64.1 Å². The highest BCUT2D eigenvalue weighted by molar-refractivity contribution is 7.99. The van der Waals surface area contributed by atoms with E-state index >= 15 is 0 Å². The summed E-state index contributed by atoms with van der Waals surface area (Å²) < 4.78 is 5.70. The molecule has 3 aromatic rings. The van der Waals surface area contributed by atoms with Gasteiger partial charge in [-0.1, -0.05) is 43.3 Å². The minimum atomic E-state index is -0.108. The largest absolute Gasteiger partial charge is 0.494 e. The van der Waals surface area contributed by atoms with Gasteiger partial charge in [-0.05, 0) is 48.9 Å².